The van der Waals surface area contributed by atoms with Crippen LogP contribution in [0.5, 0.6) is 0 Å². The first-order valence-corrected chi connectivity index (χ1v) is 10.5. The zero-order valence-corrected chi connectivity index (χ0v) is 16.9. The van der Waals surface area contributed by atoms with Crippen molar-refractivity contribution in [3.05, 3.63) is 71.8 Å². The lowest BCUT2D eigenvalue weighted by atomic mass is 9.90. The molecule has 1 saturated heterocycles. The molecular weight excluding hydrogens is 381 g/mol. The monoisotopic (exact) mass is 407 g/mol. The maximum absolute atomic E-state index is 13.0. The first-order chi connectivity index (χ1) is 14.6. The molecule has 1 aliphatic carbocycles. The van der Waals surface area contributed by atoms with Gasteiger partial charge in [-0.05, 0) is 60.6 Å². The number of rotatable bonds is 6. The second-order valence-electron chi connectivity index (χ2n) is 8.19. The number of hydrogen-bond donors (Lipinski definition) is 1. The van der Waals surface area contributed by atoms with Crippen molar-refractivity contribution in [1.82, 2.24) is 15.2 Å². The molecule has 5 nitrogen and oxygen atoms in total. The molecule has 1 unspecified atom stereocenters. The summed E-state index contributed by atoms with van der Waals surface area (Å²) in [5.74, 6) is -0.138. The van der Waals surface area contributed by atoms with Gasteiger partial charge >= 0.3 is 0 Å². The van der Waals surface area contributed by atoms with E-state index in [-0.39, 0.29) is 29.0 Å². The Kier molecular flexibility index (Phi) is 5.93. The molecule has 156 valence electrons. The number of likely N-dealkylation sites (tertiary alicyclic amines) is 1. The first-order valence-electron chi connectivity index (χ1n) is 10.5. The highest BCUT2D eigenvalue weighted by Gasteiger charge is 2.58. The molecule has 2 aromatic rings. The predicted molar refractivity (Wildman–Crippen MR) is 113 cm³/mol. The minimum Gasteiger partial charge on any atom is -0.355 e. The second-order valence-corrected chi connectivity index (χ2v) is 8.19. The summed E-state index contributed by atoms with van der Waals surface area (Å²) in [5.41, 5.74) is 1.83. The van der Waals surface area contributed by atoms with Crippen LogP contribution in [-0.2, 0) is 16.0 Å². The molecule has 2 fully saturated rings. The van der Waals surface area contributed by atoms with Gasteiger partial charge in [0.05, 0.1) is 0 Å². The van der Waals surface area contributed by atoms with Crippen molar-refractivity contribution in [2.75, 3.05) is 19.6 Å². The van der Waals surface area contributed by atoms with Gasteiger partial charge in [0.1, 0.15) is 5.82 Å². The molecule has 1 aromatic carbocycles. The van der Waals surface area contributed by atoms with Crippen LogP contribution in [0.1, 0.15) is 30.5 Å². The van der Waals surface area contributed by atoms with E-state index in [9.17, 15) is 14.0 Å². The van der Waals surface area contributed by atoms with Crippen molar-refractivity contribution < 1.29 is 14.0 Å². The van der Waals surface area contributed by atoms with Crippen LogP contribution in [0, 0.1) is 17.2 Å². The third-order valence-electron chi connectivity index (χ3n) is 6.27. The Bertz CT molecular complexity index is 919. The van der Waals surface area contributed by atoms with E-state index in [0.29, 0.717) is 19.6 Å². The number of piperidine rings is 1. The molecule has 1 atom stereocenters. The summed E-state index contributed by atoms with van der Waals surface area (Å²) in [7, 11) is 0. The first kappa shape index (κ1) is 20.3. The summed E-state index contributed by atoms with van der Waals surface area (Å²) in [5, 5.41) is 3.04. The molecule has 0 radical (unpaired) electrons. The van der Waals surface area contributed by atoms with Crippen molar-refractivity contribution in [2.45, 2.75) is 25.7 Å². The molecule has 30 heavy (non-hydrogen) atoms. The Hall–Kier alpha value is -3.02. The van der Waals surface area contributed by atoms with Gasteiger partial charge in [-0.15, -0.1) is 0 Å². The number of carbonyl (C=O) groups excluding carboxylic acids is 2. The molecule has 2 heterocycles. The number of aromatic nitrogens is 1. The van der Waals surface area contributed by atoms with Crippen LogP contribution in [0.25, 0.3) is 6.08 Å². The minimum atomic E-state index is -0.292. The lowest BCUT2D eigenvalue weighted by Gasteiger charge is -2.32. The van der Waals surface area contributed by atoms with E-state index in [1.165, 1.54) is 12.1 Å². The summed E-state index contributed by atoms with van der Waals surface area (Å²) >= 11 is 0. The third kappa shape index (κ3) is 4.75. The fraction of sp³-hybridized carbons (Fsp3) is 0.375. The number of hydrogen-bond acceptors (Lipinski definition) is 3. The Balaban J connectivity index is 1.21. The SMILES string of the molecule is O=C(NCCc1ccccn1)C1CC12CCN(C(=O)C=Cc1ccc(F)cc1)CC2. The van der Waals surface area contributed by atoms with E-state index < -0.39 is 0 Å². The summed E-state index contributed by atoms with van der Waals surface area (Å²) in [4.78, 5) is 31.1. The van der Waals surface area contributed by atoms with Crippen LogP contribution in [0.15, 0.2) is 54.7 Å². The topological polar surface area (TPSA) is 62.3 Å². The average Bonchev–Trinajstić information content (AvgIpc) is 3.47. The average molecular weight is 407 g/mol. The Morgan fingerprint density at radius 1 is 1.17 bits per heavy atom. The molecule has 1 saturated carbocycles. The number of nitrogens with zero attached hydrogens (tertiary/aromatic N) is 2. The highest BCUT2D eigenvalue weighted by atomic mass is 19.1. The normalized spacial score (nSPS) is 19.8. The maximum atomic E-state index is 13.0. The highest BCUT2D eigenvalue weighted by molar-refractivity contribution is 5.92. The van der Waals surface area contributed by atoms with Crippen molar-refractivity contribution in [3.63, 3.8) is 0 Å². The number of carbonyl (C=O) groups is 2. The number of amides is 2. The Morgan fingerprint density at radius 2 is 1.93 bits per heavy atom. The molecule has 6 heteroatoms. The van der Waals surface area contributed by atoms with E-state index >= 15 is 0 Å². The summed E-state index contributed by atoms with van der Waals surface area (Å²) in [6.45, 7) is 1.94. The van der Waals surface area contributed by atoms with Gasteiger partial charge in [0, 0.05) is 49.9 Å². The smallest absolute Gasteiger partial charge is 0.246 e. The second kappa shape index (κ2) is 8.78. The van der Waals surface area contributed by atoms with Crippen molar-refractivity contribution >= 4 is 17.9 Å². The maximum Gasteiger partial charge on any atom is 0.246 e. The molecule has 0 bridgehead atoms. The third-order valence-corrected chi connectivity index (χ3v) is 6.27. The van der Waals surface area contributed by atoms with E-state index in [2.05, 4.69) is 10.3 Å². The summed E-state index contributed by atoms with van der Waals surface area (Å²) < 4.78 is 13.0. The minimum absolute atomic E-state index is 0.0359. The molecule has 4 rings (SSSR count). The van der Waals surface area contributed by atoms with E-state index in [0.717, 1.165) is 36.9 Å². The van der Waals surface area contributed by atoms with Gasteiger partial charge in [-0.1, -0.05) is 18.2 Å². The largest absolute Gasteiger partial charge is 0.355 e. The molecule has 1 spiro atoms. The molecular formula is C24H26FN3O2. The van der Waals surface area contributed by atoms with Gasteiger partial charge in [0.25, 0.3) is 0 Å². The standard InChI is InChI=1S/C24H26FN3O2/c25-19-7-4-18(5-8-19)6-9-22(29)28-15-11-24(12-16-28)17-21(24)23(30)27-14-10-20-3-1-2-13-26-20/h1-9,13,21H,10-12,14-17H2,(H,27,30). The lowest BCUT2D eigenvalue weighted by Crippen LogP contribution is -2.40. The number of pyridine rings is 1. The molecule has 1 aliphatic heterocycles. The van der Waals surface area contributed by atoms with Crippen LogP contribution < -0.4 is 5.32 Å². The highest BCUT2D eigenvalue weighted by Crippen LogP contribution is 2.59. The lowest BCUT2D eigenvalue weighted by molar-refractivity contribution is -0.127. The van der Waals surface area contributed by atoms with E-state index in [1.807, 2.05) is 23.1 Å². The molecule has 1 aromatic heterocycles. The van der Waals surface area contributed by atoms with Gasteiger partial charge < -0.3 is 10.2 Å². The molecule has 2 amide bonds. The van der Waals surface area contributed by atoms with Crippen LogP contribution in [0.3, 0.4) is 0 Å². The van der Waals surface area contributed by atoms with Crippen molar-refractivity contribution in [3.8, 4) is 0 Å². The summed E-state index contributed by atoms with van der Waals surface area (Å²) in [6, 6.07) is 11.8. The van der Waals surface area contributed by atoms with Gasteiger partial charge in [-0.25, -0.2) is 4.39 Å². The number of nitrogens with one attached hydrogen (secondary N) is 1. The molecule has 2 aliphatic rings. The molecule has 1 N–H and O–H groups in total. The van der Waals surface area contributed by atoms with Crippen LogP contribution >= 0.6 is 0 Å². The van der Waals surface area contributed by atoms with Gasteiger partial charge in [-0.3, -0.25) is 14.6 Å². The van der Waals surface area contributed by atoms with Crippen molar-refractivity contribution in [1.29, 1.82) is 0 Å². The van der Waals surface area contributed by atoms with Crippen molar-refractivity contribution in [2.24, 2.45) is 11.3 Å². The predicted octanol–water partition coefficient (Wildman–Crippen LogP) is 3.22. The van der Waals surface area contributed by atoms with E-state index in [4.69, 9.17) is 0 Å². The zero-order valence-electron chi connectivity index (χ0n) is 16.9. The number of benzene rings is 1. The quantitative estimate of drug-likeness (QED) is 0.748. The fourth-order valence-corrected chi connectivity index (χ4v) is 4.27. The zero-order chi connectivity index (χ0) is 21.0. The van der Waals surface area contributed by atoms with Crippen LogP contribution in [0.2, 0.25) is 0 Å². The summed E-state index contributed by atoms with van der Waals surface area (Å²) in [6.07, 6.45) is 8.38. The van der Waals surface area contributed by atoms with E-state index in [1.54, 1.807) is 30.5 Å². The Morgan fingerprint density at radius 3 is 2.63 bits per heavy atom. The van der Waals surface area contributed by atoms with Crippen LogP contribution in [-0.4, -0.2) is 41.3 Å². The number of halogens is 1. The Labute approximate surface area is 176 Å². The van der Waals surface area contributed by atoms with Gasteiger partial charge in [-0.2, -0.15) is 0 Å². The van der Waals surface area contributed by atoms with Crippen LogP contribution in [0.4, 0.5) is 4.39 Å². The van der Waals surface area contributed by atoms with Gasteiger partial charge in [0.2, 0.25) is 11.8 Å². The van der Waals surface area contributed by atoms with Gasteiger partial charge in [0.15, 0.2) is 0 Å². The fourth-order valence-electron chi connectivity index (χ4n) is 4.27.